The number of halogens is 4. The first-order valence-electron chi connectivity index (χ1n) is 5.50. The molecule has 0 atom stereocenters. The van der Waals surface area contributed by atoms with Crippen LogP contribution in [0.1, 0.15) is 15.9 Å². The number of aldehydes is 1. The number of hydrogen-bond donors (Lipinski definition) is 0. The van der Waals surface area contributed by atoms with E-state index in [1.165, 1.54) is 12.1 Å². The molecule has 2 aromatic carbocycles. The second kappa shape index (κ2) is 5.89. The first-order chi connectivity index (χ1) is 9.40. The number of benzene rings is 2. The van der Waals surface area contributed by atoms with E-state index in [1.54, 1.807) is 24.3 Å². The molecule has 0 saturated carbocycles. The van der Waals surface area contributed by atoms with E-state index < -0.39 is 11.7 Å². The van der Waals surface area contributed by atoms with Gasteiger partial charge in [-0.15, -0.1) is 0 Å². The van der Waals surface area contributed by atoms with E-state index in [0.717, 1.165) is 17.8 Å². The summed E-state index contributed by atoms with van der Waals surface area (Å²) in [5.41, 5.74) is -0.820. The lowest BCUT2D eigenvalue weighted by Crippen LogP contribution is -2.07. The van der Waals surface area contributed by atoms with Crippen LogP contribution in [0.5, 0.6) is 0 Å². The molecule has 0 unspecified atom stereocenters. The van der Waals surface area contributed by atoms with Gasteiger partial charge in [0.05, 0.1) is 5.56 Å². The van der Waals surface area contributed by atoms with Gasteiger partial charge >= 0.3 is 6.18 Å². The van der Waals surface area contributed by atoms with Gasteiger partial charge in [0.15, 0.2) is 0 Å². The van der Waals surface area contributed by atoms with E-state index in [1.807, 2.05) is 0 Å². The topological polar surface area (TPSA) is 17.1 Å². The van der Waals surface area contributed by atoms with E-state index in [-0.39, 0.29) is 10.5 Å². The lowest BCUT2D eigenvalue weighted by molar-refractivity contribution is -0.139. The summed E-state index contributed by atoms with van der Waals surface area (Å²) < 4.78 is 38.9. The molecule has 0 amide bonds. The molecule has 0 aliphatic heterocycles. The predicted molar refractivity (Wildman–Crippen MR) is 72.4 cm³/mol. The van der Waals surface area contributed by atoms with Crippen LogP contribution < -0.4 is 0 Å². The molecule has 1 nitrogen and oxygen atoms in total. The molecule has 2 rings (SSSR count). The molecule has 0 bridgehead atoms. The maximum Gasteiger partial charge on any atom is 0.417 e. The SMILES string of the molecule is O=Cc1ccc(Sc2ccc(Cl)cc2)c(C(F)(F)F)c1. The molecular weight excluding hydrogens is 309 g/mol. The third kappa shape index (κ3) is 3.55. The van der Waals surface area contributed by atoms with Crippen molar-refractivity contribution in [2.24, 2.45) is 0 Å². The summed E-state index contributed by atoms with van der Waals surface area (Å²) in [6.45, 7) is 0. The van der Waals surface area contributed by atoms with Gasteiger partial charge in [-0.25, -0.2) is 0 Å². The minimum Gasteiger partial charge on any atom is -0.298 e. The molecule has 0 fully saturated rings. The number of alkyl halides is 3. The highest BCUT2D eigenvalue weighted by atomic mass is 35.5. The van der Waals surface area contributed by atoms with Crippen LogP contribution in [0, 0.1) is 0 Å². The monoisotopic (exact) mass is 316 g/mol. The maximum absolute atomic E-state index is 13.0. The van der Waals surface area contributed by atoms with Gasteiger partial charge in [-0.05, 0) is 36.4 Å². The molecular formula is C14H8ClF3OS. The first-order valence-corrected chi connectivity index (χ1v) is 6.69. The molecule has 2 aromatic rings. The van der Waals surface area contributed by atoms with Crippen molar-refractivity contribution in [3.63, 3.8) is 0 Å². The van der Waals surface area contributed by atoms with Gasteiger partial charge < -0.3 is 0 Å². The van der Waals surface area contributed by atoms with Crippen LogP contribution in [-0.2, 0) is 6.18 Å². The third-order valence-electron chi connectivity index (χ3n) is 2.49. The first kappa shape index (κ1) is 14.9. The van der Waals surface area contributed by atoms with E-state index >= 15 is 0 Å². The highest BCUT2D eigenvalue weighted by Gasteiger charge is 2.33. The van der Waals surface area contributed by atoms with Gasteiger partial charge in [0, 0.05) is 20.4 Å². The van der Waals surface area contributed by atoms with Crippen LogP contribution in [0.25, 0.3) is 0 Å². The van der Waals surface area contributed by atoms with E-state index in [2.05, 4.69) is 0 Å². The van der Waals surface area contributed by atoms with Crippen molar-refractivity contribution in [3.05, 3.63) is 58.6 Å². The fourth-order valence-electron chi connectivity index (χ4n) is 1.56. The molecule has 0 N–H and O–H groups in total. The van der Waals surface area contributed by atoms with Crippen molar-refractivity contribution >= 4 is 29.6 Å². The second-order valence-corrected chi connectivity index (χ2v) is 5.48. The summed E-state index contributed by atoms with van der Waals surface area (Å²) in [5, 5.41) is 0.515. The quantitative estimate of drug-likeness (QED) is 0.713. The van der Waals surface area contributed by atoms with E-state index in [0.29, 0.717) is 16.2 Å². The van der Waals surface area contributed by atoms with E-state index in [9.17, 15) is 18.0 Å². The van der Waals surface area contributed by atoms with Crippen molar-refractivity contribution < 1.29 is 18.0 Å². The van der Waals surface area contributed by atoms with Gasteiger partial charge in [0.2, 0.25) is 0 Å². The molecule has 20 heavy (non-hydrogen) atoms. The standard InChI is InChI=1S/C14H8ClF3OS/c15-10-2-4-11(5-3-10)20-13-6-1-9(8-19)7-12(13)14(16,17)18/h1-8H. The zero-order chi connectivity index (χ0) is 14.8. The van der Waals surface area contributed by atoms with Gasteiger partial charge in [0.1, 0.15) is 6.29 Å². The summed E-state index contributed by atoms with van der Waals surface area (Å²) >= 11 is 6.70. The van der Waals surface area contributed by atoms with Gasteiger partial charge in [0.25, 0.3) is 0 Å². The fourth-order valence-corrected chi connectivity index (χ4v) is 2.63. The molecule has 0 aromatic heterocycles. The summed E-state index contributed by atoms with van der Waals surface area (Å²) in [6, 6.07) is 10.0. The average Bonchev–Trinajstić information content (AvgIpc) is 2.40. The van der Waals surface area contributed by atoms with Gasteiger partial charge in [-0.2, -0.15) is 13.2 Å². The smallest absolute Gasteiger partial charge is 0.298 e. The van der Waals surface area contributed by atoms with Gasteiger partial charge in [-0.3, -0.25) is 4.79 Å². The zero-order valence-corrected chi connectivity index (χ0v) is 11.5. The third-order valence-corrected chi connectivity index (χ3v) is 3.82. The Morgan fingerprint density at radius 3 is 2.25 bits per heavy atom. The Bertz CT molecular complexity index is 623. The molecule has 0 radical (unpaired) electrons. The molecule has 0 heterocycles. The molecule has 104 valence electrons. The largest absolute Gasteiger partial charge is 0.417 e. The van der Waals surface area contributed by atoms with Crippen LogP contribution in [0.15, 0.2) is 52.3 Å². The normalized spacial score (nSPS) is 11.4. The van der Waals surface area contributed by atoms with Crippen LogP contribution in [-0.4, -0.2) is 6.29 Å². The Kier molecular flexibility index (Phi) is 4.40. The van der Waals surface area contributed by atoms with Crippen molar-refractivity contribution in [3.8, 4) is 0 Å². The lowest BCUT2D eigenvalue weighted by atomic mass is 10.1. The predicted octanol–water partition coefficient (Wildman–Crippen LogP) is 5.32. The minimum absolute atomic E-state index is 0.00205. The minimum atomic E-state index is -4.51. The molecule has 0 aliphatic carbocycles. The molecule has 0 spiro atoms. The second-order valence-electron chi connectivity index (χ2n) is 3.93. The highest BCUT2D eigenvalue weighted by Crippen LogP contribution is 2.40. The number of carbonyl (C=O) groups excluding carboxylic acids is 1. The van der Waals surface area contributed by atoms with Crippen molar-refractivity contribution in [1.82, 2.24) is 0 Å². The molecule has 0 aliphatic rings. The maximum atomic E-state index is 13.0. The van der Waals surface area contributed by atoms with Crippen LogP contribution in [0.2, 0.25) is 5.02 Å². The van der Waals surface area contributed by atoms with Crippen molar-refractivity contribution in [2.45, 2.75) is 16.0 Å². The Morgan fingerprint density at radius 1 is 1.05 bits per heavy atom. The fraction of sp³-hybridized carbons (Fsp3) is 0.0714. The summed E-state index contributed by atoms with van der Waals surface area (Å²) in [6.07, 6.45) is -4.11. The number of hydrogen-bond acceptors (Lipinski definition) is 2. The van der Waals surface area contributed by atoms with Crippen molar-refractivity contribution in [2.75, 3.05) is 0 Å². The van der Waals surface area contributed by atoms with Crippen LogP contribution in [0.4, 0.5) is 13.2 Å². The summed E-state index contributed by atoms with van der Waals surface area (Å²) in [4.78, 5) is 11.3. The summed E-state index contributed by atoms with van der Waals surface area (Å²) in [5.74, 6) is 0. The van der Waals surface area contributed by atoms with Gasteiger partial charge in [-0.1, -0.05) is 29.4 Å². The Balaban J connectivity index is 2.40. The number of carbonyl (C=O) groups is 1. The Morgan fingerprint density at radius 2 is 1.70 bits per heavy atom. The summed E-state index contributed by atoms with van der Waals surface area (Å²) in [7, 11) is 0. The average molecular weight is 317 g/mol. The molecule has 6 heteroatoms. The van der Waals surface area contributed by atoms with Crippen molar-refractivity contribution in [1.29, 1.82) is 0 Å². The van der Waals surface area contributed by atoms with Crippen LogP contribution >= 0.6 is 23.4 Å². The molecule has 0 saturated heterocycles. The van der Waals surface area contributed by atoms with E-state index in [4.69, 9.17) is 11.6 Å². The Hall–Kier alpha value is -1.46. The Labute approximate surface area is 122 Å². The van der Waals surface area contributed by atoms with Crippen LogP contribution in [0.3, 0.4) is 0 Å². The number of rotatable bonds is 3. The highest BCUT2D eigenvalue weighted by molar-refractivity contribution is 7.99. The lowest BCUT2D eigenvalue weighted by Gasteiger charge is -2.13. The zero-order valence-electron chi connectivity index (χ0n) is 9.95.